The lowest BCUT2D eigenvalue weighted by Crippen LogP contribution is -2.29. The molecule has 2 N–H and O–H groups in total. The van der Waals surface area contributed by atoms with Crippen LogP contribution < -0.4 is 5.73 Å². The maximum absolute atomic E-state index is 12.7. The van der Waals surface area contributed by atoms with Crippen LogP contribution in [-0.2, 0) is 9.59 Å². The Balaban J connectivity index is 3.22. The number of carbonyl (C=O) groups excluding carboxylic acids is 4. The van der Waals surface area contributed by atoms with Crippen molar-refractivity contribution in [2.24, 2.45) is 11.7 Å². The molecule has 0 spiro atoms. The Labute approximate surface area is 148 Å². The molecule has 1 atom stereocenters. The van der Waals surface area contributed by atoms with Gasteiger partial charge in [0.05, 0.1) is 5.92 Å². The first-order valence-corrected chi connectivity index (χ1v) is 8.06. The van der Waals surface area contributed by atoms with Crippen LogP contribution in [0.1, 0.15) is 47.4 Å². The van der Waals surface area contributed by atoms with E-state index in [1.165, 1.54) is 13.8 Å². The third kappa shape index (κ3) is 4.82. The van der Waals surface area contributed by atoms with Crippen LogP contribution in [0.15, 0.2) is 30.4 Å². The van der Waals surface area contributed by atoms with Crippen molar-refractivity contribution in [1.29, 1.82) is 0 Å². The van der Waals surface area contributed by atoms with Gasteiger partial charge in [0.1, 0.15) is 5.78 Å². The molecule has 0 saturated carbocycles. The average Bonchev–Trinajstić information content (AvgIpc) is 2.45. The standard InChI is InChI=1S/C17H18INO4/c1-9(20)7-8-12(17(19)23)10(2)16(22)15-13(11(3)21)5-4-6-14(15)18/h4-6,12H,2,7-8H2,1,3H3,(H2,19,23). The van der Waals surface area contributed by atoms with Gasteiger partial charge in [0, 0.05) is 26.7 Å². The highest BCUT2D eigenvalue weighted by Gasteiger charge is 2.28. The zero-order valence-corrected chi connectivity index (χ0v) is 15.2. The van der Waals surface area contributed by atoms with Gasteiger partial charge in [-0.05, 0) is 48.9 Å². The van der Waals surface area contributed by atoms with Crippen LogP contribution in [-0.4, -0.2) is 23.3 Å². The lowest BCUT2D eigenvalue weighted by molar-refractivity contribution is -0.121. The molecule has 122 valence electrons. The van der Waals surface area contributed by atoms with Gasteiger partial charge in [-0.1, -0.05) is 18.7 Å². The number of hydrogen-bond acceptors (Lipinski definition) is 4. The molecule has 0 heterocycles. The summed E-state index contributed by atoms with van der Waals surface area (Å²) in [5.74, 6) is -2.48. The zero-order chi connectivity index (χ0) is 17.7. The predicted molar refractivity (Wildman–Crippen MR) is 95.2 cm³/mol. The first-order chi connectivity index (χ1) is 10.7. The monoisotopic (exact) mass is 427 g/mol. The summed E-state index contributed by atoms with van der Waals surface area (Å²) in [6.07, 6.45) is 0.263. The van der Waals surface area contributed by atoms with Crippen LogP contribution in [0.2, 0.25) is 0 Å². The molecule has 6 heteroatoms. The average molecular weight is 427 g/mol. The number of primary amides is 1. The van der Waals surface area contributed by atoms with Crippen LogP contribution in [0, 0.1) is 9.49 Å². The molecule has 5 nitrogen and oxygen atoms in total. The van der Waals surface area contributed by atoms with Crippen LogP contribution in [0.5, 0.6) is 0 Å². The van der Waals surface area contributed by atoms with Crippen molar-refractivity contribution in [2.75, 3.05) is 0 Å². The minimum atomic E-state index is -0.929. The third-order valence-electron chi connectivity index (χ3n) is 3.46. The SMILES string of the molecule is C=C(C(=O)c1c(I)cccc1C(C)=O)C(CCC(C)=O)C(N)=O. The molecule has 1 aromatic carbocycles. The van der Waals surface area contributed by atoms with Gasteiger partial charge in [-0.15, -0.1) is 0 Å². The highest BCUT2D eigenvalue weighted by atomic mass is 127. The number of nitrogens with two attached hydrogens (primary N) is 1. The second-order valence-corrected chi connectivity index (χ2v) is 6.43. The summed E-state index contributed by atoms with van der Waals surface area (Å²) >= 11 is 1.96. The minimum absolute atomic E-state index is 0.00497. The Morgan fingerprint density at radius 2 is 1.83 bits per heavy atom. The number of halogens is 1. The summed E-state index contributed by atoms with van der Waals surface area (Å²) in [5, 5.41) is 0. The molecule has 0 aromatic heterocycles. The van der Waals surface area contributed by atoms with Crippen molar-refractivity contribution in [3.8, 4) is 0 Å². The highest BCUT2D eigenvalue weighted by Crippen LogP contribution is 2.25. The van der Waals surface area contributed by atoms with E-state index in [1.54, 1.807) is 18.2 Å². The summed E-state index contributed by atoms with van der Waals surface area (Å²) in [6.45, 7) is 6.46. The van der Waals surface area contributed by atoms with E-state index in [0.29, 0.717) is 3.57 Å². The van der Waals surface area contributed by atoms with Crippen LogP contribution in [0.3, 0.4) is 0 Å². The van der Waals surface area contributed by atoms with E-state index < -0.39 is 17.6 Å². The van der Waals surface area contributed by atoms with Gasteiger partial charge in [-0.25, -0.2) is 0 Å². The molecule has 1 rings (SSSR count). The van der Waals surface area contributed by atoms with E-state index >= 15 is 0 Å². The fraction of sp³-hybridized carbons (Fsp3) is 0.294. The number of benzene rings is 1. The lowest BCUT2D eigenvalue weighted by Gasteiger charge is -2.17. The molecule has 23 heavy (non-hydrogen) atoms. The molecule has 1 unspecified atom stereocenters. The maximum Gasteiger partial charge on any atom is 0.225 e. The van der Waals surface area contributed by atoms with Crippen molar-refractivity contribution in [2.45, 2.75) is 26.7 Å². The van der Waals surface area contributed by atoms with Crippen molar-refractivity contribution in [3.63, 3.8) is 0 Å². The number of Topliss-reactive ketones (excluding diaryl/α,β-unsaturated/α-hetero) is 3. The van der Waals surface area contributed by atoms with E-state index in [-0.39, 0.29) is 41.1 Å². The van der Waals surface area contributed by atoms with Gasteiger partial charge < -0.3 is 10.5 Å². The Morgan fingerprint density at radius 1 is 1.22 bits per heavy atom. The van der Waals surface area contributed by atoms with Crippen molar-refractivity contribution in [1.82, 2.24) is 0 Å². The summed E-state index contributed by atoms with van der Waals surface area (Å²) in [6, 6.07) is 4.93. The normalized spacial score (nSPS) is 11.6. The van der Waals surface area contributed by atoms with Crippen LogP contribution >= 0.6 is 22.6 Å². The molecule has 0 aliphatic rings. The van der Waals surface area contributed by atoms with Gasteiger partial charge in [-0.3, -0.25) is 14.4 Å². The van der Waals surface area contributed by atoms with Gasteiger partial charge in [-0.2, -0.15) is 0 Å². The fourth-order valence-electron chi connectivity index (χ4n) is 2.20. The van der Waals surface area contributed by atoms with Crippen LogP contribution in [0.25, 0.3) is 0 Å². The van der Waals surface area contributed by atoms with Gasteiger partial charge >= 0.3 is 0 Å². The van der Waals surface area contributed by atoms with Crippen molar-refractivity contribution >= 4 is 45.8 Å². The Morgan fingerprint density at radius 3 is 2.30 bits per heavy atom. The number of carbonyl (C=O) groups is 4. The van der Waals surface area contributed by atoms with E-state index in [2.05, 4.69) is 6.58 Å². The number of rotatable bonds is 8. The Bertz CT molecular complexity index is 694. The molecule has 0 saturated heterocycles. The first kappa shape index (κ1) is 19.2. The highest BCUT2D eigenvalue weighted by molar-refractivity contribution is 14.1. The molecule has 0 fully saturated rings. The fourth-order valence-corrected chi connectivity index (χ4v) is 2.95. The minimum Gasteiger partial charge on any atom is -0.369 e. The number of hydrogen-bond donors (Lipinski definition) is 1. The topological polar surface area (TPSA) is 94.3 Å². The summed E-state index contributed by atoms with van der Waals surface area (Å²) < 4.78 is 0.594. The first-order valence-electron chi connectivity index (χ1n) is 6.98. The van der Waals surface area contributed by atoms with E-state index in [4.69, 9.17) is 5.73 Å². The van der Waals surface area contributed by atoms with Gasteiger partial charge in [0.15, 0.2) is 11.6 Å². The predicted octanol–water partition coefficient (Wildman–Crippen LogP) is 2.70. The molecular formula is C17H18INO4. The zero-order valence-electron chi connectivity index (χ0n) is 13.0. The molecule has 1 aromatic rings. The van der Waals surface area contributed by atoms with Crippen LogP contribution in [0.4, 0.5) is 0 Å². The third-order valence-corrected chi connectivity index (χ3v) is 4.36. The molecule has 0 radical (unpaired) electrons. The number of amides is 1. The quantitative estimate of drug-likeness (QED) is 0.392. The largest absolute Gasteiger partial charge is 0.369 e. The Hall–Kier alpha value is -1.83. The lowest BCUT2D eigenvalue weighted by atomic mass is 9.86. The Kier molecular flexibility index (Phi) is 6.80. The molecule has 0 aliphatic carbocycles. The summed E-state index contributed by atoms with van der Waals surface area (Å²) in [7, 11) is 0. The smallest absolute Gasteiger partial charge is 0.225 e. The molecule has 1 amide bonds. The van der Waals surface area contributed by atoms with Crippen molar-refractivity contribution < 1.29 is 19.2 Å². The molecule has 0 aliphatic heterocycles. The second kappa shape index (κ2) is 8.14. The summed E-state index contributed by atoms with van der Waals surface area (Å²) in [4.78, 5) is 47.2. The second-order valence-electron chi connectivity index (χ2n) is 5.27. The van der Waals surface area contributed by atoms with E-state index in [1.807, 2.05) is 22.6 Å². The van der Waals surface area contributed by atoms with Gasteiger partial charge in [0.2, 0.25) is 5.91 Å². The number of ketones is 3. The maximum atomic E-state index is 12.7. The molecular weight excluding hydrogens is 409 g/mol. The van der Waals surface area contributed by atoms with Gasteiger partial charge in [0.25, 0.3) is 0 Å². The van der Waals surface area contributed by atoms with E-state index in [0.717, 1.165) is 0 Å². The van der Waals surface area contributed by atoms with Crippen molar-refractivity contribution in [3.05, 3.63) is 45.0 Å². The summed E-state index contributed by atoms with van der Waals surface area (Å²) in [5.41, 5.74) is 5.85. The van der Waals surface area contributed by atoms with E-state index in [9.17, 15) is 19.2 Å². The molecule has 0 bridgehead atoms.